The fourth-order valence-corrected chi connectivity index (χ4v) is 5.19. The van der Waals surface area contributed by atoms with Gasteiger partial charge in [0, 0.05) is 39.3 Å². The highest BCUT2D eigenvalue weighted by Gasteiger charge is 2.30. The average molecular weight is 565 g/mol. The summed E-state index contributed by atoms with van der Waals surface area (Å²) in [7, 11) is 0. The Morgan fingerprint density at radius 2 is 1.62 bits per heavy atom. The van der Waals surface area contributed by atoms with Crippen LogP contribution in [0, 0.1) is 0 Å². The predicted octanol–water partition coefficient (Wildman–Crippen LogP) is 5.38. The quantitative estimate of drug-likeness (QED) is 0.290. The standard InChI is InChI=1S/C29H39F3N4O2S/c30-29(31,32)25-8-5-10-27(22-25)38-26-9-4-7-24(21-26)23-36(16-15-34-12-2-1-3-13-34)28(39)33-11-6-14-35-17-19-37-20-18-35/h4-5,7-10,21-22H,1-3,6,11-20,23H2,(H,33,39). The van der Waals surface area contributed by atoms with Crippen molar-refractivity contribution in [1.82, 2.24) is 20.0 Å². The van der Waals surface area contributed by atoms with Gasteiger partial charge in [0.1, 0.15) is 11.5 Å². The molecule has 4 rings (SSSR count). The van der Waals surface area contributed by atoms with Crippen LogP contribution in [0.15, 0.2) is 48.5 Å². The summed E-state index contributed by atoms with van der Waals surface area (Å²) in [5, 5.41) is 4.17. The molecule has 0 atom stereocenters. The smallest absolute Gasteiger partial charge is 0.416 e. The number of nitrogens with one attached hydrogen (secondary N) is 1. The van der Waals surface area contributed by atoms with Crippen LogP contribution in [-0.2, 0) is 17.5 Å². The summed E-state index contributed by atoms with van der Waals surface area (Å²) in [6.45, 7) is 9.93. The molecule has 39 heavy (non-hydrogen) atoms. The lowest BCUT2D eigenvalue weighted by Gasteiger charge is -2.32. The van der Waals surface area contributed by atoms with Crippen LogP contribution in [0.4, 0.5) is 13.2 Å². The number of thiocarbonyl (C=S) groups is 1. The number of morpholine rings is 1. The van der Waals surface area contributed by atoms with Gasteiger partial charge in [-0.05, 0) is 87.0 Å². The summed E-state index contributed by atoms with van der Waals surface area (Å²) >= 11 is 5.82. The molecule has 2 heterocycles. The minimum atomic E-state index is -4.42. The third kappa shape index (κ3) is 9.94. The molecule has 0 aliphatic carbocycles. The van der Waals surface area contributed by atoms with Crippen molar-refractivity contribution in [3.8, 4) is 11.5 Å². The molecule has 1 N–H and O–H groups in total. The highest BCUT2D eigenvalue weighted by atomic mass is 32.1. The Kier molecular flexibility index (Phi) is 11.3. The first kappa shape index (κ1) is 29.6. The second-order valence-corrected chi connectivity index (χ2v) is 10.5. The van der Waals surface area contributed by atoms with E-state index in [-0.39, 0.29) is 5.75 Å². The van der Waals surface area contributed by atoms with Gasteiger partial charge in [-0.2, -0.15) is 13.2 Å². The van der Waals surface area contributed by atoms with E-state index < -0.39 is 11.7 Å². The molecule has 2 aliphatic heterocycles. The van der Waals surface area contributed by atoms with Gasteiger partial charge in [-0.25, -0.2) is 0 Å². The first-order valence-electron chi connectivity index (χ1n) is 13.9. The Morgan fingerprint density at radius 1 is 0.923 bits per heavy atom. The van der Waals surface area contributed by atoms with E-state index in [0.29, 0.717) is 12.3 Å². The van der Waals surface area contributed by atoms with E-state index >= 15 is 0 Å². The van der Waals surface area contributed by atoms with Gasteiger partial charge in [-0.15, -0.1) is 0 Å². The van der Waals surface area contributed by atoms with Crippen LogP contribution in [0.25, 0.3) is 0 Å². The topological polar surface area (TPSA) is 40.2 Å². The summed E-state index contributed by atoms with van der Waals surface area (Å²) in [4.78, 5) is 7.09. The van der Waals surface area contributed by atoms with Crippen LogP contribution in [0.5, 0.6) is 11.5 Å². The largest absolute Gasteiger partial charge is 0.457 e. The van der Waals surface area contributed by atoms with Gasteiger partial charge in [0.2, 0.25) is 0 Å². The van der Waals surface area contributed by atoms with Crippen molar-refractivity contribution in [2.24, 2.45) is 0 Å². The molecule has 6 nitrogen and oxygen atoms in total. The summed E-state index contributed by atoms with van der Waals surface area (Å²) in [6.07, 6.45) is 0.349. The van der Waals surface area contributed by atoms with Crippen molar-refractivity contribution >= 4 is 17.3 Å². The van der Waals surface area contributed by atoms with Crippen LogP contribution >= 0.6 is 12.2 Å². The molecule has 0 aromatic heterocycles. The lowest BCUT2D eigenvalue weighted by molar-refractivity contribution is -0.137. The first-order chi connectivity index (χ1) is 18.9. The maximum absolute atomic E-state index is 13.1. The van der Waals surface area contributed by atoms with Gasteiger partial charge >= 0.3 is 6.18 Å². The van der Waals surface area contributed by atoms with E-state index in [1.165, 1.54) is 31.4 Å². The monoisotopic (exact) mass is 564 g/mol. The minimum Gasteiger partial charge on any atom is -0.457 e. The number of nitrogens with zero attached hydrogens (tertiary/aromatic N) is 3. The number of alkyl halides is 3. The fraction of sp³-hybridized carbons (Fsp3) is 0.552. The van der Waals surface area contributed by atoms with Crippen LogP contribution < -0.4 is 10.1 Å². The third-order valence-corrected chi connectivity index (χ3v) is 7.52. The maximum atomic E-state index is 13.1. The number of ether oxygens (including phenoxy) is 2. The van der Waals surface area contributed by atoms with Crippen molar-refractivity contribution in [3.63, 3.8) is 0 Å². The molecular formula is C29H39F3N4O2S. The van der Waals surface area contributed by atoms with Crippen molar-refractivity contribution < 1.29 is 22.6 Å². The minimum absolute atomic E-state index is 0.154. The van der Waals surface area contributed by atoms with Crippen molar-refractivity contribution in [2.45, 2.75) is 38.4 Å². The van der Waals surface area contributed by atoms with Crippen LogP contribution in [0.2, 0.25) is 0 Å². The molecule has 0 amide bonds. The molecule has 0 saturated carbocycles. The molecular weight excluding hydrogens is 525 g/mol. The molecule has 2 aliphatic rings. The number of rotatable bonds is 11. The zero-order valence-corrected chi connectivity index (χ0v) is 23.2. The number of hydrogen-bond donors (Lipinski definition) is 1. The fourth-order valence-electron chi connectivity index (χ4n) is 4.93. The molecule has 214 valence electrons. The molecule has 2 aromatic carbocycles. The van der Waals surface area contributed by atoms with Gasteiger partial charge in [0.15, 0.2) is 5.11 Å². The number of halogens is 3. The Hall–Kier alpha value is -2.40. The SMILES string of the molecule is FC(F)(F)c1cccc(Oc2cccc(CN(CCN3CCCCC3)C(=S)NCCCN3CCOCC3)c2)c1. The molecule has 0 bridgehead atoms. The van der Waals surface area contributed by atoms with E-state index in [1.807, 2.05) is 18.2 Å². The Balaban J connectivity index is 1.36. The number of likely N-dealkylation sites (tertiary alicyclic amines) is 1. The third-order valence-electron chi connectivity index (χ3n) is 7.12. The van der Waals surface area contributed by atoms with Gasteiger partial charge in [0.05, 0.1) is 18.8 Å². The van der Waals surface area contributed by atoms with Crippen molar-refractivity contribution in [2.75, 3.05) is 65.6 Å². The zero-order chi connectivity index (χ0) is 27.5. The molecule has 2 aromatic rings. The van der Waals surface area contributed by atoms with E-state index in [2.05, 4.69) is 20.0 Å². The molecule has 2 saturated heterocycles. The Bertz CT molecular complexity index is 1040. The normalized spacial score (nSPS) is 17.1. The molecule has 2 fully saturated rings. The van der Waals surface area contributed by atoms with E-state index in [9.17, 15) is 13.2 Å². The van der Waals surface area contributed by atoms with Crippen LogP contribution in [0.1, 0.15) is 36.8 Å². The predicted molar refractivity (Wildman–Crippen MR) is 151 cm³/mol. The Morgan fingerprint density at radius 3 is 2.36 bits per heavy atom. The maximum Gasteiger partial charge on any atom is 0.416 e. The van der Waals surface area contributed by atoms with E-state index in [0.717, 1.165) is 94.8 Å². The number of hydrogen-bond acceptors (Lipinski definition) is 5. The second kappa shape index (κ2) is 14.8. The van der Waals surface area contributed by atoms with Gasteiger partial charge in [-0.1, -0.05) is 24.6 Å². The first-order valence-corrected chi connectivity index (χ1v) is 14.3. The van der Waals surface area contributed by atoms with E-state index in [4.69, 9.17) is 21.7 Å². The van der Waals surface area contributed by atoms with Gasteiger partial charge < -0.3 is 24.6 Å². The highest BCUT2D eigenvalue weighted by Crippen LogP contribution is 2.33. The molecule has 0 spiro atoms. The molecule has 10 heteroatoms. The summed E-state index contributed by atoms with van der Waals surface area (Å²) in [5.74, 6) is 0.647. The average Bonchev–Trinajstić information content (AvgIpc) is 2.94. The highest BCUT2D eigenvalue weighted by molar-refractivity contribution is 7.80. The number of piperidine rings is 1. The van der Waals surface area contributed by atoms with Gasteiger partial charge in [0.25, 0.3) is 0 Å². The van der Waals surface area contributed by atoms with E-state index in [1.54, 1.807) is 6.07 Å². The Labute approximate surface area is 235 Å². The second-order valence-electron chi connectivity index (χ2n) is 10.1. The van der Waals surface area contributed by atoms with Crippen molar-refractivity contribution in [1.29, 1.82) is 0 Å². The molecule has 0 unspecified atom stereocenters. The lowest BCUT2D eigenvalue weighted by atomic mass is 10.1. The lowest BCUT2D eigenvalue weighted by Crippen LogP contribution is -2.45. The van der Waals surface area contributed by atoms with Crippen molar-refractivity contribution in [3.05, 3.63) is 59.7 Å². The summed E-state index contributed by atoms with van der Waals surface area (Å²) in [5.41, 5.74) is 0.251. The van der Waals surface area contributed by atoms with Crippen LogP contribution in [-0.4, -0.2) is 85.4 Å². The van der Waals surface area contributed by atoms with Gasteiger partial charge in [-0.3, -0.25) is 4.90 Å². The van der Waals surface area contributed by atoms with Crippen LogP contribution in [0.3, 0.4) is 0 Å². The molecule has 0 radical (unpaired) electrons. The number of benzene rings is 2. The summed E-state index contributed by atoms with van der Waals surface area (Å²) in [6, 6.07) is 12.4. The summed E-state index contributed by atoms with van der Waals surface area (Å²) < 4.78 is 50.6. The zero-order valence-electron chi connectivity index (χ0n) is 22.4.